The van der Waals surface area contributed by atoms with Crippen molar-refractivity contribution in [1.82, 2.24) is 0 Å². The van der Waals surface area contributed by atoms with Crippen LogP contribution in [-0.2, 0) is 6.42 Å². The maximum atomic E-state index is 10.5. The van der Waals surface area contributed by atoms with Gasteiger partial charge < -0.3 is 5.11 Å². The molecule has 0 fully saturated rings. The molecule has 17 heavy (non-hydrogen) atoms. The Kier molecular flexibility index (Phi) is 3.68. The number of aliphatic hydroxyl groups excluding tert-OH is 1. The molecule has 1 atom stereocenters. The first-order valence-corrected chi connectivity index (χ1v) is 5.57. The summed E-state index contributed by atoms with van der Waals surface area (Å²) in [6.45, 7) is 0. The highest BCUT2D eigenvalue weighted by molar-refractivity contribution is 5.74. The Hall–Kier alpha value is -1.93. The van der Waals surface area contributed by atoms with Crippen LogP contribution in [0.25, 0.3) is 0 Å². The first-order valence-electron chi connectivity index (χ1n) is 5.57. The van der Waals surface area contributed by atoms with E-state index in [9.17, 15) is 9.90 Å². The van der Waals surface area contributed by atoms with Gasteiger partial charge in [-0.1, -0.05) is 54.6 Å². The molecule has 1 unspecified atom stereocenters. The summed E-state index contributed by atoms with van der Waals surface area (Å²) < 4.78 is 0. The van der Waals surface area contributed by atoms with Crippen LogP contribution in [0.2, 0.25) is 0 Å². The molecule has 2 nitrogen and oxygen atoms in total. The lowest BCUT2D eigenvalue weighted by Gasteiger charge is -2.11. The van der Waals surface area contributed by atoms with Crippen molar-refractivity contribution < 1.29 is 9.90 Å². The fraction of sp³-hybridized carbons (Fsp3) is 0.133. The summed E-state index contributed by atoms with van der Waals surface area (Å²) in [4.78, 5) is 10.5. The van der Waals surface area contributed by atoms with Gasteiger partial charge in [-0.15, -0.1) is 0 Å². The van der Waals surface area contributed by atoms with E-state index in [1.165, 1.54) is 0 Å². The number of aliphatic hydroxyl groups is 1. The molecule has 2 heteroatoms. The van der Waals surface area contributed by atoms with Crippen molar-refractivity contribution in [3.63, 3.8) is 0 Å². The zero-order chi connectivity index (χ0) is 12.1. The van der Waals surface area contributed by atoms with Crippen molar-refractivity contribution in [1.29, 1.82) is 0 Å². The molecule has 0 bridgehead atoms. The predicted octanol–water partition coefficient (Wildman–Crippen LogP) is 2.78. The molecule has 0 saturated carbocycles. The third-order valence-corrected chi connectivity index (χ3v) is 2.73. The van der Waals surface area contributed by atoms with E-state index in [1.54, 1.807) is 24.3 Å². The van der Waals surface area contributed by atoms with Crippen molar-refractivity contribution in [3.8, 4) is 0 Å². The van der Waals surface area contributed by atoms with Crippen LogP contribution in [0.15, 0.2) is 54.6 Å². The minimum Gasteiger partial charge on any atom is -0.388 e. The molecule has 2 aromatic carbocycles. The van der Waals surface area contributed by atoms with E-state index in [2.05, 4.69) is 0 Å². The molecular formula is C15H14O2. The fourth-order valence-corrected chi connectivity index (χ4v) is 1.75. The summed E-state index contributed by atoms with van der Waals surface area (Å²) in [6, 6.07) is 16.9. The van der Waals surface area contributed by atoms with E-state index in [-0.39, 0.29) is 0 Å². The fourth-order valence-electron chi connectivity index (χ4n) is 1.75. The lowest BCUT2D eigenvalue weighted by molar-refractivity contribution is 0.112. The average molecular weight is 226 g/mol. The molecule has 0 spiro atoms. The summed E-state index contributed by atoms with van der Waals surface area (Å²) in [5, 5.41) is 10.0. The summed E-state index contributed by atoms with van der Waals surface area (Å²) in [6.07, 6.45) is 0.854. The predicted molar refractivity (Wildman–Crippen MR) is 66.9 cm³/mol. The zero-order valence-corrected chi connectivity index (χ0v) is 9.41. The monoisotopic (exact) mass is 226 g/mol. The molecule has 86 valence electrons. The third-order valence-electron chi connectivity index (χ3n) is 2.73. The van der Waals surface area contributed by atoms with E-state index in [0.717, 1.165) is 17.4 Å². The summed E-state index contributed by atoms with van der Waals surface area (Å²) in [5.41, 5.74) is 2.56. The lowest BCUT2D eigenvalue weighted by Crippen LogP contribution is -2.01. The number of carbonyl (C=O) groups is 1. The van der Waals surface area contributed by atoms with E-state index in [1.807, 2.05) is 30.3 Å². The first kappa shape index (κ1) is 11.6. The second-order valence-electron chi connectivity index (χ2n) is 3.99. The summed E-state index contributed by atoms with van der Waals surface area (Å²) in [7, 11) is 0. The summed E-state index contributed by atoms with van der Waals surface area (Å²) >= 11 is 0. The van der Waals surface area contributed by atoms with Crippen LogP contribution in [0.5, 0.6) is 0 Å². The SMILES string of the molecule is O=Cc1ccc(C(O)Cc2ccccc2)cc1. The molecule has 1 N–H and O–H groups in total. The zero-order valence-electron chi connectivity index (χ0n) is 9.41. The Morgan fingerprint density at radius 2 is 1.65 bits per heavy atom. The number of aldehydes is 1. The van der Waals surface area contributed by atoms with Crippen molar-refractivity contribution >= 4 is 6.29 Å². The third kappa shape index (κ3) is 3.02. The van der Waals surface area contributed by atoms with Crippen LogP contribution >= 0.6 is 0 Å². The second kappa shape index (κ2) is 5.41. The molecule has 0 aliphatic heterocycles. The molecule has 0 aliphatic rings. The van der Waals surface area contributed by atoms with Crippen LogP contribution in [0.4, 0.5) is 0 Å². The highest BCUT2D eigenvalue weighted by atomic mass is 16.3. The van der Waals surface area contributed by atoms with Crippen LogP contribution in [0.3, 0.4) is 0 Å². The minimum atomic E-state index is -0.530. The van der Waals surface area contributed by atoms with Gasteiger partial charge in [-0.2, -0.15) is 0 Å². The van der Waals surface area contributed by atoms with E-state index < -0.39 is 6.10 Å². The lowest BCUT2D eigenvalue weighted by atomic mass is 10.0. The van der Waals surface area contributed by atoms with Crippen LogP contribution in [0, 0.1) is 0 Å². The molecule has 0 radical (unpaired) electrons. The largest absolute Gasteiger partial charge is 0.388 e. The number of hydrogen-bond donors (Lipinski definition) is 1. The van der Waals surface area contributed by atoms with Gasteiger partial charge in [0, 0.05) is 12.0 Å². The van der Waals surface area contributed by atoms with Gasteiger partial charge in [-0.05, 0) is 11.1 Å². The highest BCUT2D eigenvalue weighted by Gasteiger charge is 2.07. The maximum Gasteiger partial charge on any atom is 0.150 e. The van der Waals surface area contributed by atoms with Crippen LogP contribution in [-0.4, -0.2) is 11.4 Å². The number of carbonyl (C=O) groups excluding carboxylic acids is 1. The minimum absolute atomic E-state index is 0.530. The Morgan fingerprint density at radius 3 is 2.24 bits per heavy atom. The standard InChI is InChI=1S/C15H14O2/c16-11-13-6-8-14(9-7-13)15(17)10-12-4-2-1-3-5-12/h1-9,11,15,17H,10H2. The molecule has 2 rings (SSSR count). The van der Waals surface area contributed by atoms with Crippen LogP contribution < -0.4 is 0 Å². The number of benzene rings is 2. The van der Waals surface area contributed by atoms with Crippen LogP contribution in [0.1, 0.15) is 27.6 Å². The molecule has 0 aromatic heterocycles. The van der Waals surface area contributed by atoms with Crippen molar-refractivity contribution in [2.24, 2.45) is 0 Å². The van der Waals surface area contributed by atoms with Crippen molar-refractivity contribution in [2.75, 3.05) is 0 Å². The van der Waals surface area contributed by atoms with Gasteiger partial charge in [0.2, 0.25) is 0 Å². The molecule has 2 aromatic rings. The van der Waals surface area contributed by atoms with Crippen molar-refractivity contribution in [3.05, 3.63) is 71.3 Å². The number of hydrogen-bond acceptors (Lipinski definition) is 2. The molecule has 0 amide bonds. The molecule has 0 heterocycles. The highest BCUT2D eigenvalue weighted by Crippen LogP contribution is 2.18. The van der Waals surface area contributed by atoms with Crippen molar-refractivity contribution in [2.45, 2.75) is 12.5 Å². The Labute approximate surface area is 101 Å². The van der Waals surface area contributed by atoms with Gasteiger partial charge in [0.05, 0.1) is 6.10 Å². The van der Waals surface area contributed by atoms with Gasteiger partial charge in [-0.3, -0.25) is 4.79 Å². The van der Waals surface area contributed by atoms with Gasteiger partial charge in [0.15, 0.2) is 0 Å². The number of rotatable bonds is 4. The maximum absolute atomic E-state index is 10.5. The van der Waals surface area contributed by atoms with Gasteiger partial charge in [0.25, 0.3) is 0 Å². The van der Waals surface area contributed by atoms with Gasteiger partial charge >= 0.3 is 0 Å². The van der Waals surface area contributed by atoms with E-state index in [4.69, 9.17) is 0 Å². The first-order chi connectivity index (χ1) is 8.29. The molecule has 0 aliphatic carbocycles. The van der Waals surface area contributed by atoms with Gasteiger partial charge in [-0.25, -0.2) is 0 Å². The Morgan fingerprint density at radius 1 is 1.00 bits per heavy atom. The summed E-state index contributed by atoms with van der Waals surface area (Å²) in [5.74, 6) is 0. The Bertz CT molecular complexity index is 474. The van der Waals surface area contributed by atoms with E-state index >= 15 is 0 Å². The second-order valence-corrected chi connectivity index (χ2v) is 3.99. The average Bonchev–Trinajstić information content (AvgIpc) is 2.40. The normalized spacial score (nSPS) is 12.1. The van der Waals surface area contributed by atoms with E-state index in [0.29, 0.717) is 12.0 Å². The molecule has 0 saturated heterocycles. The smallest absolute Gasteiger partial charge is 0.150 e. The molecular weight excluding hydrogens is 212 g/mol. The quantitative estimate of drug-likeness (QED) is 0.814. The van der Waals surface area contributed by atoms with Gasteiger partial charge in [0.1, 0.15) is 6.29 Å². The topological polar surface area (TPSA) is 37.3 Å². The Balaban J connectivity index is 2.09.